The van der Waals surface area contributed by atoms with Gasteiger partial charge in [0.25, 0.3) is 5.91 Å². The van der Waals surface area contributed by atoms with E-state index in [4.69, 9.17) is 5.73 Å². The van der Waals surface area contributed by atoms with E-state index < -0.39 is 0 Å². The number of halogens is 1. The number of nitrogens with one attached hydrogen (secondary N) is 1. The van der Waals surface area contributed by atoms with Crippen LogP contribution in [0.4, 0.5) is 0 Å². The Morgan fingerprint density at radius 1 is 1.30 bits per heavy atom. The molecule has 0 aliphatic carbocycles. The number of hydrogen-bond donors (Lipinski definition) is 2. The summed E-state index contributed by atoms with van der Waals surface area (Å²) in [4.78, 5) is 13.3. The summed E-state index contributed by atoms with van der Waals surface area (Å²) in [5.74, 6) is -0.0152. The smallest absolute Gasteiger partial charge is 0.267 e. The van der Waals surface area contributed by atoms with Crippen molar-refractivity contribution in [2.75, 3.05) is 13.1 Å². The van der Waals surface area contributed by atoms with Gasteiger partial charge in [-0.3, -0.25) is 4.79 Å². The predicted molar refractivity (Wildman–Crippen MR) is 85.7 cm³/mol. The van der Waals surface area contributed by atoms with Crippen LogP contribution in [0.15, 0.2) is 35.8 Å². The summed E-state index contributed by atoms with van der Waals surface area (Å²) >= 11 is 1.70. The van der Waals surface area contributed by atoms with Gasteiger partial charge in [0.15, 0.2) is 0 Å². The lowest BCUT2D eigenvalue weighted by Gasteiger charge is -2.08. The van der Waals surface area contributed by atoms with Gasteiger partial charge in [-0.2, -0.15) is 0 Å². The van der Waals surface area contributed by atoms with Crippen LogP contribution in [0.3, 0.4) is 0 Å². The monoisotopic (exact) mass is 313 g/mol. The van der Waals surface area contributed by atoms with Gasteiger partial charge in [0.05, 0.1) is 6.54 Å². The third kappa shape index (κ3) is 4.67. The largest absolute Gasteiger partial charge is 0.351 e. The van der Waals surface area contributed by atoms with Gasteiger partial charge in [-0.25, -0.2) is 0 Å². The molecule has 4 nitrogen and oxygen atoms in total. The number of rotatable bonds is 7. The van der Waals surface area contributed by atoms with E-state index >= 15 is 0 Å². The number of carbonyl (C=O) groups is 1. The molecule has 2 rings (SSSR count). The van der Waals surface area contributed by atoms with Gasteiger partial charge >= 0.3 is 0 Å². The molecule has 0 fully saturated rings. The van der Waals surface area contributed by atoms with Crippen molar-refractivity contribution in [3.8, 4) is 0 Å². The van der Waals surface area contributed by atoms with Gasteiger partial charge in [-0.15, -0.1) is 23.7 Å². The number of nitrogens with two attached hydrogens (primary N) is 1. The van der Waals surface area contributed by atoms with Gasteiger partial charge in [0.1, 0.15) is 5.69 Å². The zero-order chi connectivity index (χ0) is 13.5. The van der Waals surface area contributed by atoms with Gasteiger partial charge in [0.2, 0.25) is 0 Å². The summed E-state index contributed by atoms with van der Waals surface area (Å²) in [6.07, 6.45) is 3.80. The highest BCUT2D eigenvalue weighted by Crippen LogP contribution is 2.13. The van der Waals surface area contributed by atoms with E-state index in [1.54, 1.807) is 11.3 Å². The van der Waals surface area contributed by atoms with E-state index in [-0.39, 0.29) is 18.3 Å². The molecular weight excluding hydrogens is 294 g/mol. The molecule has 3 N–H and O–H groups in total. The summed E-state index contributed by atoms with van der Waals surface area (Å²) in [6.45, 7) is 2.10. The predicted octanol–water partition coefficient (Wildman–Crippen LogP) is 2.49. The summed E-state index contributed by atoms with van der Waals surface area (Å²) in [5, 5.41) is 4.97. The first-order valence-electron chi connectivity index (χ1n) is 6.47. The molecule has 2 aromatic rings. The fourth-order valence-electron chi connectivity index (χ4n) is 1.89. The Morgan fingerprint density at radius 2 is 2.15 bits per heavy atom. The van der Waals surface area contributed by atoms with Crippen LogP contribution in [0.25, 0.3) is 0 Å². The first-order chi connectivity index (χ1) is 9.31. The summed E-state index contributed by atoms with van der Waals surface area (Å²) in [5.41, 5.74) is 6.13. The SMILES string of the molecule is Cl.NCCCCNC(=O)c1cccn1Cc1cccs1. The van der Waals surface area contributed by atoms with Crippen molar-refractivity contribution < 1.29 is 4.79 Å². The maximum atomic E-state index is 12.1. The normalized spacial score (nSPS) is 10.1. The van der Waals surface area contributed by atoms with Gasteiger partial charge in [0, 0.05) is 17.6 Å². The second kappa shape index (κ2) is 8.79. The molecule has 0 aromatic carbocycles. The highest BCUT2D eigenvalue weighted by Gasteiger charge is 2.10. The Morgan fingerprint density at radius 3 is 2.85 bits per heavy atom. The lowest BCUT2D eigenvalue weighted by Crippen LogP contribution is -2.27. The van der Waals surface area contributed by atoms with E-state index in [0.29, 0.717) is 18.8 Å². The van der Waals surface area contributed by atoms with Crippen LogP contribution < -0.4 is 11.1 Å². The first-order valence-corrected chi connectivity index (χ1v) is 7.35. The number of carbonyl (C=O) groups excluding carboxylic acids is 1. The summed E-state index contributed by atoms with van der Waals surface area (Å²) in [6, 6.07) is 7.86. The van der Waals surface area contributed by atoms with Crippen molar-refractivity contribution in [1.82, 2.24) is 9.88 Å². The molecule has 1 amide bonds. The molecule has 110 valence electrons. The number of thiophene rings is 1. The topological polar surface area (TPSA) is 60.0 Å². The van der Waals surface area contributed by atoms with E-state index in [1.807, 2.05) is 34.3 Å². The molecule has 2 aromatic heterocycles. The van der Waals surface area contributed by atoms with Crippen LogP contribution >= 0.6 is 23.7 Å². The lowest BCUT2D eigenvalue weighted by molar-refractivity contribution is 0.0944. The van der Waals surface area contributed by atoms with Crippen molar-refractivity contribution in [3.63, 3.8) is 0 Å². The minimum atomic E-state index is -0.0152. The zero-order valence-corrected chi connectivity index (χ0v) is 12.9. The van der Waals surface area contributed by atoms with E-state index in [2.05, 4.69) is 11.4 Å². The molecule has 0 saturated carbocycles. The Labute approximate surface area is 129 Å². The summed E-state index contributed by atoms with van der Waals surface area (Å²) < 4.78 is 1.98. The van der Waals surface area contributed by atoms with Crippen LogP contribution in [0.1, 0.15) is 28.2 Å². The molecule has 6 heteroatoms. The second-order valence-corrected chi connectivity index (χ2v) is 5.38. The highest BCUT2D eigenvalue weighted by molar-refractivity contribution is 7.09. The van der Waals surface area contributed by atoms with Gasteiger partial charge in [-0.1, -0.05) is 6.07 Å². The molecule has 0 spiro atoms. The van der Waals surface area contributed by atoms with E-state index in [1.165, 1.54) is 4.88 Å². The van der Waals surface area contributed by atoms with Crippen LogP contribution in [0, 0.1) is 0 Å². The van der Waals surface area contributed by atoms with Crippen LogP contribution in [-0.4, -0.2) is 23.6 Å². The molecule has 0 aliphatic heterocycles. The van der Waals surface area contributed by atoms with Gasteiger partial charge < -0.3 is 15.6 Å². The van der Waals surface area contributed by atoms with Crippen molar-refractivity contribution in [2.24, 2.45) is 5.73 Å². The molecule has 0 unspecified atom stereocenters. The molecule has 0 saturated heterocycles. The molecule has 0 atom stereocenters. The highest BCUT2D eigenvalue weighted by atomic mass is 35.5. The first kappa shape index (κ1) is 16.8. The Balaban J connectivity index is 0.00000200. The Hall–Kier alpha value is -1.30. The lowest BCUT2D eigenvalue weighted by atomic mass is 10.3. The van der Waals surface area contributed by atoms with Crippen molar-refractivity contribution in [3.05, 3.63) is 46.4 Å². The number of aromatic nitrogens is 1. The fourth-order valence-corrected chi connectivity index (χ4v) is 2.59. The average Bonchev–Trinajstić information content (AvgIpc) is 3.06. The standard InChI is InChI=1S/C14H19N3OS.ClH/c15-7-1-2-8-16-14(18)13-6-3-9-17(13)11-12-5-4-10-19-12;/h3-6,9-10H,1-2,7-8,11,15H2,(H,16,18);1H. The zero-order valence-electron chi connectivity index (χ0n) is 11.2. The van der Waals surface area contributed by atoms with Crippen molar-refractivity contribution >= 4 is 29.7 Å². The number of hydrogen-bond acceptors (Lipinski definition) is 3. The van der Waals surface area contributed by atoms with E-state index in [9.17, 15) is 4.79 Å². The third-order valence-corrected chi connectivity index (χ3v) is 3.75. The van der Waals surface area contributed by atoms with Crippen LogP contribution in [0.2, 0.25) is 0 Å². The molecular formula is C14H20ClN3OS. The molecule has 2 heterocycles. The Kier molecular flexibility index (Phi) is 7.36. The quantitative estimate of drug-likeness (QED) is 0.772. The molecule has 0 aliphatic rings. The second-order valence-electron chi connectivity index (χ2n) is 4.35. The van der Waals surface area contributed by atoms with Crippen LogP contribution in [-0.2, 0) is 6.54 Å². The average molecular weight is 314 g/mol. The van der Waals surface area contributed by atoms with E-state index in [0.717, 1.165) is 19.4 Å². The van der Waals surface area contributed by atoms with Crippen molar-refractivity contribution in [2.45, 2.75) is 19.4 Å². The molecule has 0 bridgehead atoms. The third-order valence-electron chi connectivity index (χ3n) is 2.88. The minimum Gasteiger partial charge on any atom is -0.351 e. The number of amides is 1. The molecule has 0 radical (unpaired) electrons. The number of nitrogens with zero attached hydrogens (tertiary/aromatic N) is 1. The minimum absolute atomic E-state index is 0. The maximum Gasteiger partial charge on any atom is 0.267 e. The summed E-state index contributed by atoms with van der Waals surface area (Å²) in [7, 11) is 0. The van der Waals surface area contributed by atoms with Crippen LogP contribution in [0.5, 0.6) is 0 Å². The number of unbranched alkanes of at least 4 members (excludes halogenated alkanes) is 1. The maximum absolute atomic E-state index is 12.1. The van der Waals surface area contributed by atoms with Crippen molar-refractivity contribution in [1.29, 1.82) is 0 Å². The van der Waals surface area contributed by atoms with Gasteiger partial charge in [-0.05, 0) is 43.0 Å². The Bertz CT molecular complexity index is 510. The molecule has 20 heavy (non-hydrogen) atoms. The fraction of sp³-hybridized carbons (Fsp3) is 0.357.